The van der Waals surface area contributed by atoms with E-state index in [1.807, 2.05) is 0 Å². The number of aromatic nitrogens is 1. The van der Waals surface area contributed by atoms with Crippen LogP contribution in [0.15, 0.2) is 18.3 Å². The lowest BCUT2D eigenvalue weighted by Gasteiger charge is -2.19. The van der Waals surface area contributed by atoms with Crippen LogP contribution < -0.4 is 5.32 Å². The van der Waals surface area contributed by atoms with Gasteiger partial charge in [0, 0.05) is 31.0 Å². The molecule has 2 aliphatic heterocycles. The molecule has 2 aliphatic rings. The summed E-state index contributed by atoms with van der Waals surface area (Å²) in [5, 5.41) is 3.58. The Kier molecular flexibility index (Phi) is 5.10. The van der Waals surface area contributed by atoms with E-state index in [2.05, 4.69) is 33.1 Å². The summed E-state index contributed by atoms with van der Waals surface area (Å²) in [6.07, 6.45) is 7.68. The molecule has 1 N–H and O–H groups in total. The summed E-state index contributed by atoms with van der Waals surface area (Å²) in [5.74, 6) is 0. The van der Waals surface area contributed by atoms with E-state index in [1.165, 1.54) is 51.0 Å². The zero-order valence-corrected chi connectivity index (χ0v) is 11.8. The molecule has 4 heteroatoms. The first-order valence-corrected chi connectivity index (χ1v) is 7.01. The molecule has 0 saturated carbocycles. The van der Waals surface area contributed by atoms with Crippen LogP contribution in [0.25, 0.3) is 0 Å². The number of nitrogens with one attached hydrogen (secondary N) is 1. The molecule has 0 spiro atoms. The fourth-order valence-corrected chi connectivity index (χ4v) is 3.09. The maximum Gasteiger partial charge on any atom is 0.0387 e. The maximum absolute atomic E-state index is 3.58. The Morgan fingerprint density at radius 2 is 2.06 bits per heavy atom. The molecule has 2 saturated heterocycles. The van der Waals surface area contributed by atoms with Gasteiger partial charge in [0.15, 0.2) is 0 Å². The van der Waals surface area contributed by atoms with Crippen molar-refractivity contribution in [1.29, 1.82) is 0 Å². The van der Waals surface area contributed by atoms with E-state index < -0.39 is 0 Å². The van der Waals surface area contributed by atoms with Gasteiger partial charge in [-0.1, -0.05) is 0 Å². The van der Waals surface area contributed by atoms with Crippen LogP contribution in [0.3, 0.4) is 0 Å². The van der Waals surface area contributed by atoms with Crippen LogP contribution >= 0.6 is 12.4 Å². The van der Waals surface area contributed by atoms with Gasteiger partial charge >= 0.3 is 0 Å². The predicted octanol–water partition coefficient (Wildman–Crippen LogP) is 2.26. The molecule has 18 heavy (non-hydrogen) atoms. The van der Waals surface area contributed by atoms with E-state index in [0.717, 1.165) is 13.1 Å². The first-order chi connectivity index (χ1) is 8.42. The number of hydrogen-bond donors (Lipinski definition) is 1. The van der Waals surface area contributed by atoms with Crippen molar-refractivity contribution in [3.8, 4) is 0 Å². The van der Waals surface area contributed by atoms with Crippen LogP contribution in [-0.2, 0) is 13.1 Å². The SMILES string of the molecule is Cl.c1cc(CN2CCCC2)n(C[C@@H]2CCCN2)c1. The minimum absolute atomic E-state index is 0. The highest BCUT2D eigenvalue weighted by Gasteiger charge is 2.17. The van der Waals surface area contributed by atoms with Crippen molar-refractivity contribution in [1.82, 2.24) is 14.8 Å². The van der Waals surface area contributed by atoms with Crippen molar-refractivity contribution in [3.63, 3.8) is 0 Å². The Bertz CT molecular complexity index is 319. The average molecular weight is 270 g/mol. The molecule has 1 aromatic heterocycles. The lowest BCUT2D eigenvalue weighted by molar-refractivity contribution is 0.318. The van der Waals surface area contributed by atoms with Crippen LogP contribution in [-0.4, -0.2) is 35.1 Å². The third kappa shape index (κ3) is 3.28. The van der Waals surface area contributed by atoms with Crippen molar-refractivity contribution >= 4 is 12.4 Å². The van der Waals surface area contributed by atoms with Crippen molar-refractivity contribution in [2.24, 2.45) is 0 Å². The normalized spacial score (nSPS) is 24.3. The third-order valence-electron chi connectivity index (χ3n) is 4.09. The molecule has 0 aliphatic carbocycles. The molecule has 1 atom stereocenters. The molecular weight excluding hydrogens is 246 g/mol. The zero-order chi connectivity index (χ0) is 11.5. The Hall–Kier alpha value is -0.510. The Labute approximate surface area is 116 Å². The van der Waals surface area contributed by atoms with Gasteiger partial charge in [0.25, 0.3) is 0 Å². The van der Waals surface area contributed by atoms with E-state index in [0.29, 0.717) is 6.04 Å². The average Bonchev–Trinajstić information content (AvgIpc) is 3.04. The number of halogens is 1. The summed E-state index contributed by atoms with van der Waals surface area (Å²) in [6.45, 7) is 6.06. The molecule has 3 nitrogen and oxygen atoms in total. The van der Waals surface area contributed by atoms with Crippen molar-refractivity contribution in [2.75, 3.05) is 19.6 Å². The van der Waals surface area contributed by atoms with Crippen molar-refractivity contribution in [3.05, 3.63) is 24.0 Å². The Morgan fingerprint density at radius 1 is 1.22 bits per heavy atom. The quantitative estimate of drug-likeness (QED) is 0.905. The van der Waals surface area contributed by atoms with Crippen LogP contribution in [0.5, 0.6) is 0 Å². The summed E-state index contributed by atoms with van der Waals surface area (Å²) in [7, 11) is 0. The molecule has 2 fully saturated rings. The first-order valence-electron chi connectivity index (χ1n) is 7.01. The molecular formula is C14H24ClN3. The molecule has 0 bridgehead atoms. The monoisotopic (exact) mass is 269 g/mol. The standard InChI is InChI=1S/C14H23N3.ClH/c1-2-9-16(8-1)12-14-6-4-10-17(14)11-13-5-3-7-15-13;/h4,6,10,13,15H,1-3,5,7-9,11-12H2;1H/t13-;/m0./s1. The molecule has 3 heterocycles. The van der Waals surface area contributed by atoms with Crippen molar-refractivity contribution < 1.29 is 0 Å². The van der Waals surface area contributed by atoms with Gasteiger partial charge in [-0.3, -0.25) is 4.90 Å². The summed E-state index contributed by atoms with van der Waals surface area (Å²) >= 11 is 0. The fraction of sp³-hybridized carbons (Fsp3) is 0.714. The lowest BCUT2D eigenvalue weighted by atomic mass is 10.2. The fourth-order valence-electron chi connectivity index (χ4n) is 3.09. The molecule has 102 valence electrons. The molecule has 0 amide bonds. The van der Waals surface area contributed by atoms with Gasteiger partial charge in [-0.05, 0) is 57.5 Å². The highest BCUT2D eigenvalue weighted by molar-refractivity contribution is 5.85. The van der Waals surface area contributed by atoms with Crippen LogP contribution in [0.4, 0.5) is 0 Å². The van der Waals surface area contributed by atoms with E-state index in [4.69, 9.17) is 0 Å². The number of hydrogen-bond acceptors (Lipinski definition) is 2. The minimum atomic E-state index is 0. The summed E-state index contributed by atoms with van der Waals surface area (Å²) in [6, 6.07) is 5.17. The van der Waals surface area contributed by atoms with Crippen LogP contribution in [0.2, 0.25) is 0 Å². The molecule has 3 rings (SSSR count). The smallest absolute Gasteiger partial charge is 0.0387 e. The minimum Gasteiger partial charge on any atom is -0.349 e. The van der Waals surface area contributed by atoms with E-state index in [-0.39, 0.29) is 12.4 Å². The van der Waals surface area contributed by atoms with E-state index in [9.17, 15) is 0 Å². The molecule has 0 aromatic carbocycles. The summed E-state index contributed by atoms with van der Waals surface area (Å²) < 4.78 is 2.45. The second-order valence-electron chi connectivity index (χ2n) is 5.43. The summed E-state index contributed by atoms with van der Waals surface area (Å²) in [5.41, 5.74) is 1.49. The number of rotatable bonds is 4. The van der Waals surface area contributed by atoms with Gasteiger partial charge in [-0.2, -0.15) is 0 Å². The van der Waals surface area contributed by atoms with E-state index in [1.54, 1.807) is 0 Å². The summed E-state index contributed by atoms with van der Waals surface area (Å²) in [4.78, 5) is 2.58. The highest BCUT2D eigenvalue weighted by atomic mass is 35.5. The van der Waals surface area contributed by atoms with Gasteiger partial charge in [-0.15, -0.1) is 12.4 Å². The lowest BCUT2D eigenvalue weighted by Crippen LogP contribution is -2.28. The first kappa shape index (κ1) is 13.9. The van der Waals surface area contributed by atoms with Crippen LogP contribution in [0, 0.1) is 0 Å². The second-order valence-corrected chi connectivity index (χ2v) is 5.43. The topological polar surface area (TPSA) is 20.2 Å². The number of likely N-dealkylation sites (tertiary alicyclic amines) is 1. The Balaban J connectivity index is 0.00000120. The third-order valence-corrected chi connectivity index (χ3v) is 4.09. The molecule has 1 aromatic rings. The van der Waals surface area contributed by atoms with Gasteiger partial charge in [0.05, 0.1) is 0 Å². The second kappa shape index (κ2) is 6.60. The molecule has 0 unspecified atom stereocenters. The zero-order valence-electron chi connectivity index (χ0n) is 11.0. The van der Waals surface area contributed by atoms with E-state index >= 15 is 0 Å². The van der Waals surface area contributed by atoms with Gasteiger partial charge in [0.1, 0.15) is 0 Å². The predicted molar refractivity (Wildman–Crippen MR) is 77.2 cm³/mol. The molecule has 0 radical (unpaired) electrons. The van der Waals surface area contributed by atoms with Crippen LogP contribution in [0.1, 0.15) is 31.4 Å². The van der Waals surface area contributed by atoms with Gasteiger partial charge < -0.3 is 9.88 Å². The highest BCUT2D eigenvalue weighted by Crippen LogP contribution is 2.15. The van der Waals surface area contributed by atoms with Crippen molar-refractivity contribution in [2.45, 2.75) is 44.8 Å². The Morgan fingerprint density at radius 3 is 2.78 bits per heavy atom. The maximum atomic E-state index is 3.58. The largest absolute Gasteiger partial charge is 0.349 e. The number of nitrogens with zero attached hydrogens (tertiary/aromatic N) is 2. The van der Waals surface area contributed by atoms with Gasteiger partial charge in [-0.25, -0.2) is 0 Å². The van der Waals surface area contributed by atoms with Gasteiger partial charge in [0.2, 0.25) is 0 Å².